The maximum atomic E-state index is 12.1. The molecule has 6 nitrogen and oxygen atoms in total. The Bertz CT molecular complexity index is 834. The average molecular weight is 354 g/mol. The van der Waals surface area contributed by atoms with Crippen LogP contribution in [0.4, 0.5) is 11.4 Å². The molecule has 0 aliphatic heterocycles. The van der Waals surface area contributed by atoms with Gasteiger partial charge in [0.15, 0.2) is 0 Å². The topological polar surface area (TPSA) is 81.5 Å². The van der Waals surface area contributed by atoms with Crippen LogP contribution in [0.5, 0.6) is 5.75 Å². The zero-order chi connectivity index (χ0) is 19.3. The molecule has 0 radical (unpaired) electrons. The number of carbonyl (C=O) groups excluding carboxylic acids is 1. The molecule has 6 heteroatoms. The van der Waals surface area contributed by atoms with E-state index in [2.05, 4.69) is 26.1 Å². The molecule has 0 fully saturated rings. The molecule has 0 aliphatic rings. The Balaban J connectivity index is 2.11. The van der Waals surface area contributed by atoms with Gasteiger partial charge in [0.05, 0.1) is 18.1 Å². The van der Waals surface area contributed by atoms with Crippen molar-refractivity contribution in [2.75, 3.05) is 12.4 Å². The van der Waals surface area contributed by atoms with Crippen LogP contribution in [-0.4, -0.2) is 17.9 Å². The molecule has 0 saturated carbocycles. The highest BCUT2D eigenvalue weighted by Gasteiger charge is 2.16. The summed E-state index contributed by atoms with van der Waals surface area (Å²) in [4.78, 5) is 22.7. The van der Waals surface area contributed by atoms with E-state index < -0.39 is 10.8 Å². The van der Waals surface area contributed by atoms with Gasteiger partial charge >= 0.3 is 0 Å². The maximum absolute atomic E-state index is 12.1. The maximum Gasteiger partial charge on any atom is 0.296 e. The van der Waals surface area contributed by atoms with E-state index >= 15 is 0 Å². The summed E-state index contributed by atoms with van der Waals surface area (Å²) in [7, 11) is 1.42. The second-order valence-electron chi connectivity index (χ2n) is 6.83. The lowest BCUT2D eigenvalue weighted by Gasteiger charge is -2.18. The van der Waals surface area contributed by atoms with Crippen molar-refractivity contribution in [1.29, 1.82) is 0 Å². The van der Waals surface area contributed by atoms with Gasteiger partial charge in [-0.1, -0.05) is 45.0 Å². The molecule has 0 heterocycles. The lowest BCUT2D eigenvalue weighted by Crippen LogP contribution is -2.10. The fraction of sp³-hybridized carbons (Fsp3) is 0.250. The van der Waals surface area contributed by atoms with Crippen molar-refractivity contribution in [2.45, 2.75) is 26.2 Å². The predicted octanol–water partition coefficient (Wildman–Crippen LogP) is 4.55. The van der Waals surface area contributed by atoms with Gasteiger partial charge in [-0.3, -0.25) is 14.9 Å². The summed E-state index contributed by atoms with van der Waals surface area (Å²) in [6.45, 7) is 6.40. The highest BCUT2D eigenvalue weighted by atomic mass is 16.6. The van der Waals surface area contributed by atoms with Crippen LogP contribution in [0, 0.1) is 10.1 Å². The molecule has 0 unspecified atom stereocenters. The fourth-order valence-electron chi connectivity index (χ4n) is 2.34. The number of carbonyl (C=O) groups is 1. The Morgan fingerprint density at radius 1 is 1.15 bits per heavy atom. The number of hydrogen-bond donors (Lipinski definition) is 1. The number of ether oxygens (including phenoxy) is 1. The van der Waals surface area contributed by atoms with E-state index in [1.807, 2.05) is 24.3 Å². The molecule has 2 rings (SSSR count). The average Bonchev–Trinajstić information content (AvgIpc) is 2.59. The zero-order valence-corrected chi connectivity index (χ0v) is 15.3. The van der Waals surface area contributed by atoms with Crippen LogP contribution < -0.4 is 10.1 Å². The minimum absolute atomic E-state index is 0.0624. The second-order valence-corrected chi connectivity index (χ2v) is 6.83. The zero-order valence-electron chi connectivity index (χ0n) is 15.3. The molecule has 2 aromatic carbocycles. The summed E-state index contributed by atoms with van der Waals surface area (Å²) in [6, 6.07) is 12.2. The third-order valence-electron chi connectivity index (χ3n) is 3.86. The first-order valence-electron chi connectivity index (χ1n) is 8.13. The van der Waals surface area contributed by atoms with Crippen LogP contribution in [0.25, 0.3) is 6.08 Å². The van der Waals surface area contributed by atoms with Gasteiger partial charge in [0, 0.05) is 6.08 Å². The number of nitrogens with one attached hydrogen (secondary N) is 1. The smallest absolute Gasteiger partial charge is 0.296 e. The lowest BCUT2D eigenvalue weighted by molar-refractivity contribution is -0.384. The van der Waals surface area contributed by atoms with Crippen molar-refractivity contribution < 1.29 is 14.5 Å². The molecule has 2 aromatic rings. The summed E-state index contributed by atoms with van der Waals surface area (Å²) in [5.41, 5.74) is 2.03. The second kappa shape index (κ2) is 7.82. The molecule has 0 aromatic heterocycles. The summed E-state index contributed by atoms with van der Waals surface area (Å²) in [5.74, 6) is -0.0951. The summed E-state index contributed by atoms with van der Waals surface area (Å²) >= 11 is 0. The van der Waals surface area contributed by atoms with Crippen molar-refractivity contribution in [3.63, 3.8) is 0 Å². The first-order valence-corrected chi connectivity index (χ1v) is 8.13. The van der Waals surface area contributed by atoms with Crippen molar-refractivity contribution in [1.82, 2.24) is 0 Å². The molecule has 26 heavy (non-hydrogen) atoms. The standard InChI is InChI=1S/C20H22N2O4/c1-20(2,3)15-8-5-14(6-9-15)7-12-19(23)21-17-11-10-16(26-4)13-18(17)22(24)25/h5-13H,1-4H3,(H,21,23). The van der Waals surface area contributed by atoms with E-state index in [1.165, 1.54) is 30.9 Å². The number of nitrogens with zero attached hydrogens (tertiary/aromatic N) is 1. The Hall–Kier alpha value is -3.15. The molecule has 136 valence electrons. The van der Waals surface area contributed by atoms with Gasteiger partial charge in [-0.05, 0) is 34.8 Å². The molecular weight excluding hydrogens is 332 g/mol. The fourth-order valence-corrected chi connectivity index (χ4v) is 2.34. The minimum Gasteiger partial charge on any atom is -0.496 e. The van der Waals surface area contributed by atoms with Crippen LogP contribution in [0.1, 0.15) is 31.9 Å². The highest BCUT2D eigenvalue weighted by Crippen LogP contribution is 2.29. The van der Waals surface area contributed by atoms with Crippen LogP contribution in [-0.2, 0) is 10.2 Å². The van der Waals surface area contributed by atoms with Gasteiger partial charge in [0.2, 0.25) is 5.91 Å². The largest absolute Gasteiger partial charge is 0.496 e. The van der Waals surface area contributed by atoms with Gasteiger partial charge in [-0.25, -0.2) is 0 Å². The van der Waals surface area contributed by atoms with E-state index in [0.29, 0.717) is 5.75 Å². The highest BCUT2D eigenvalue weighted by molar-refractivity contribution is 6.03. The van der Waals surface area contributed by atoms with Crippen LogP contribution >= 0.6 is 0 Å². The van der Waals surface area contributed by atoms with Crippen LogP contribution in [0.15, 0.2) is 48.5 Å². The van der Waals surface area contributed by atoms with Gasteiger partial charge < -0.3 is 10.1 Å². The van der Waals surface area contributed by atoms with Crippen molar-refractivity contribution in [2.24, 2.45) is 0 Å². The van der Waals surface area contributed by atoms with Gasteiger partial charge in [0.25, 0.3) is 5.69 Å². The van der Waals surface area contributed by atoms with Gasteiger partial charge in [-0.15, -0.1) is 0 Å². The Morgan fingerprint density at radius 2 is 1.81 bits per heavy atom. The normalized spacial score (nSPS) is 11.4. The summed E-state index contributed by atoms with van der Waals surface area (Å²) < 4.78 is 4.97. The molecule has 0 atom stereocenters. The molecule has 0 aliphatic carbocycles. The Kier molecular flexibility index (Phi) is 5.77. The quantitative estimate of drug-likeness (QED) is 0.485. The van der Waals surface area contributed by atoms with Crippen molar-refractivity contribution in [3.8, 4) is 5.75 Å². The number of methoxy groups -OCH3 is 1. The first-order chi connectivity index (χ1) is 12.2. The Morgan fingerprint density at radius 3 is 2.35 bits per heavy atom. The predicted molar refractivity (Wildman–Crippen MR) is 102 cm³/mol. The van der Waals surface area contributed by atoms with Crippen LogP contribution in [0.3, 0.4) is 0 Å². The number of hydrogen-bond acceptors (Lipinski definition) is 4. The monoisotopic (exact) mass is 354 g/mol. The summed E-state index contributed by atoms with van der Waals surface area (Å²) in [6.07, 6.45) is 3.01. The molecule has 1 amide bonds. The number of anilines is 1. The third kappa shape index (κ3) is 4.92. The molecule has 0 bridgehead atoms. The number of nitro groups is 1. The van der Waals surface area contributed by atoms with Crippen molar-refractivity contribution >= 4 is 23.4 Å². The summed E-state index contributed by atoms with van der Waals surface area (Å²) in [5, 5.41) is 13.7. The van der Waals surface area contributed by atoms with Crippen LogP contribution in [0.2, 0.25) is 0 Å². The number of amides is 1. The van der Waals surface area contributed by atoms with E-state index in [0.717, 1.165) is 5.56 Å². The Labute approximate surface area is 152 Å². The molecular formula is C20H22N2O4. The van der Waals surface area contributed by atoms with Crippen molar-refractivity contribution in [3.05, 3.63) is 69.8 Å². The number of nitro benzene ring substituents is 1. The number of benzene rings is 2. The van der Waals surface area contributed by atoms with E-state index in [9.17, 15) is 14.9 Å². The minimum atomic E-state index is -0.562. The lowest BCUT2D eigenvalue weighted by atomic mass is 9.87. The molecule has 1 N–H and O–H groups in total. The van der Waals surface area contributed by atoms with Gasteiger partial charge in [0.1, 0.15) is 11.4 Å². The van der Waals surface area contributed by atoms with E-state index in [1.54, 1.807) is 12.1 Å². The SMILES string of the molecule is COc1ccc(NC(=O)C=Cc2ccc(C(C)(C)C)cc2)c([N+](=O)[O-])c1. The van der Waals surface area contributed by atoms with E-state index in [4.69, 9.17) is 4.74 Å². The third-order valence-corrected chi connectivity index (χ3v) is 3.86. The number of rotatable bonds is 5. The molecule has 0 spiro atoms. The van der Waals surface area contributed by atoms with E-state index in [-0.39, 0.29) is 16.8 Å². The first kappa shape index (κ1) is 19.2. The van der Waals surface area contributed by atoms with Gasteiger partial charge in [-0.2, -0.15) is 0 Å². The molecule has 0 saturated heterocycles.